The van der Waals surface area contributed by atoms with Gasteiger partial charge in [0.1, 0.15) is 0 Å². The van der Waals surface area contributed by atoms with E-state index in [1.807, 2.05) is 41.9 Å². The number of carboxylic acids is 1. The van der Waals surface area contributed by atoms with Crippen molar-refractivity contribution in [2.24, 2.45) is 0 Å². The lowest BCUT2D eigenvalue weighted by Gasteiger charge is -2.03. The number of aromatic nitrogens is 1. The highest BCUT2D eigenvalue weighted by Gasteiger charge is 2.12. The lowest BCUT2D eigenvalue weighted by Crippen LogP contribution is -1.99. The third-order valence-corrected chi connectivity index (χ3v) is 5.13. The maximum absolute atomic E-state index is 11.0. The minimum Gasteiger partial charge on any atom is -0.481 e. The molecule has 0 unspecified atom stereocenters. The molecule has 3 aromatic rings. The predicted molar refractivity (Wildman–Crippen MR) is 84.4 cm³/mol. The molecule has 2 aromatic heterocycles. The summed E-state index contributed by atoms with van der Waals surface area (Å²) < 4.78 is 3.21. The Bertz CT molecular complexity index is 775. The van der Waals surface area contributed by atoms with Crippen molar-refractivity contribution in [1.29, 1.82) is 0 Å². The van der Waals surface area contributed by atoms with Gasteiger partial charge in [0.15, 0.2) is 0 Å². The Morgan fingerprint density at radius 2 is 2.10 bits per heavy atom. The summed E-state index contributed by atoms with van der Waals surface area (Å²) in [4.78, 5) is 12.2. The summed E-state index contributed by atoms with van der Waals surface area (Å²) in [6.07, 6.45) is 2.00. The van der Waals surface area contributed by atoms with Gasteiger partial charge in [0.05, 0.1) is 13.0 Å². The van der Waals surface area contributed by atoms with Crippen LogP contribution in [0.25, 0.3) is 10.9 Å². The fraction of sp³-hybridized carbons (Fsp3) is 0.133. The van der Waals surface area contributed by atoms with E-state index in [1.54, 1.807) is 11.3 Å². The zero-order valence-corrected chi connectivity index (χ0v) is 12.9. The van der Waals surface area contributed by atoms with Gasteiger partial charge in [-0.05, 0) is 39.0 Å². The van der Waals surface area contributed by atoms with Crippen molar-refractivity contribution in [2.45, 2.75) is 13.0 Å². The van der Waals surface area contributed by atoms with Crippen LogP contribution in [0, 0.1) is 0 Å². The van der Waals surface area contributed by atoms with E-state index >= 15 is 0 Å². The van der Waals surface area contributed by atoms with Crippen LogP contribution in [0.15, 0.2) is 46.4 Å². The van der Waals surface area contributed by atoms with Gasteiger partial charge in [-0.3, -0.25) is 4.79 Å². The lowest BCUT2D eigenvalue weighted by molar-refractivity contribution is -0.136. The van der Waals surface area contributed by atoms with Crippen LogP contribution in [-0.2, 0) is 17.8 Å². The largest absolute Gasteiger partial charge is 0.481 e. The van der Waals surface area contributed by atoms with Gasteiger partial charge in [-0.25, -0.2) is 0 Å². The SMILES string of the molecule is O=C(O)Cc1cn(Cc2sccc2Br)c2ccccc12. The number of carbonyl (C=O) groups is 1. The summed E-state index contributed by atoms with van der Waals surface area (Å²) >= 11 is 5.23. The average molecular weight is 350 g/mol. The molecule has 3 nitrogen and oxygen atoms in total. The molecule has 0 aliphatic carbocycles. The molecule has 1 N–H and O–H groups in total. The van der Waals surface area contributed by atoms with E-state index in [0.29, 0.717) is 0 Å². The number of halogens is 1. The van der Waals surface area contributed by atoms with Gasteiger partial charge in [-0.15, -0.1) is 11.3 Å². The Labute approximate surface area is 128 Å². The third kappa shape index (κ3) is 2.51. The molecule has 0 aliphatic rings. The zero-order valence-electron chi connectivity index (χ0n) is 10.5. The monoisotopic (exact) mass is 349 g/mol. The van der Waals surface area contributed by atoms with Gasteiger partial charge in [0.25, 0.3) is 0 Å². The van der Waals surface area contributed by atoms with Crippen molar-refractivity contribution >= 4 is 44.1 Å². The highest BCUT2D eigenvalue weighted by atomic mass is 79.9. The van der Waals surface area contributed by atoms with Crippen LogP contribution in [0.3, 0.4) is 0 Å². The van der Waals surface area contributed by atoms with Gasteiger partial charge in [0, 0.05) is 26.4 Å². The zero-order chi connectivity index (χ0) is 14.1. The number of fused-ring (bicyclic) bond motifs is 1. The molecule has 102 valence electrons. The fourth-order valence-electron chi connectivity index (χ4n) is 2.35. The molecular weight excluding hydrogens is 338 g/mol. The smallest absolute Gasteiger partial charge is 0.307 e. The Morgan fingerprint density at radius 1 is 1.30 bits per heavy atom. The first-order valence-corrected chi connectivity index (χ1v) is 7.83. The van der Waals surface area contributed by atoms with Gasteiger partial charge in [-0.1, -0.05) is 18.2 Å². The van der Waals surface area contributed by atoms with Crippen LogP contribution in [0.1, 0.15) is 10.4 Å². The second-order valence-electron chi connectivity index (χ2n) is 4.56. The first-order chi connectivity index (χ1) is 9.65. The van der Waals surface area contributed by atoms with Crippen molar-refractivity contribution < 1.29 is 9.90 Å². The molecule has 0 saturated carbocycles. The number of thiophene rings is 1. The molecule has 0 bridgehead atoms. The number of carboxylic acid groups (broad SMARTS) is 1. The maximum atomic E-state index is 11.0. The molecule has 2 heterocycles. The standard InChI is InChI=1S/C15H12BrNO2S/c16-12-5-6-20-14(12)9-17-8-10(7-15(18)19)11-3-1-2-4-13(11)17/h1-6,8H,7,9H2,(H,18,19). The second-order valence-corrected chi connectivity index (χ2v) is 6.42. The van der Waals surface area contributed by atoms with E-state index in [4.69, 9.17) is 5.11 Å². The topological polar surface area (TPSA) is 42.2 Å². The summed E-state index contributed by atoms with van der Waals surface area (Å²) in [5.74, 6) is -0.801. The highest BCUT2D eigenvalue weighted by molar-refractivity contribution is 9.10. The lowest BCUT2D eigenvalue weighted by atomic mass is 10.1. The van der Waals surface area contributed by atoms with Gasteiger partial charge in [0.2, 0.25) is 0 Å². The Balaban J connectivity index is 2.06. The van der Waals surface area contributed by atoms with Gasteiger partial charge in [-0.2, -0.15) is 0 Å². The van der Waals surface area contributed by atoms with Crippen LogP contribution in [-0.4, -0.2) is 15.6 Å². The van der Waals surface area contributed by atoms with Gasteiger partial charge < -0.3 is 9.67 Å². The number of rotatable bonds is 4. The molecule has 20 heavy (non-hydrogen) atoms. The van der Waals surface area contributed by atoms with E-state index in [9.17, 15) is 4.79 Å². The Kier molecular flexibility index (Phi) is 3.63. The van der Waals surface area contributed by atoms with E-state index in [-0.39, 0.29) is 6.42 Å². The molecule has 1 aromatic carbocycles. The molecular formula is C15H12BrNO2S. The molecule has 0 fully saturated rings. The van der Waals surface area contributed by atoms with Crippen LogP contribution in [0.4, 0.5) is 0 Å². The van der Waals surface area contributed by atoms with Crippen LogP contribution in [0.5, 0.6) is 0 Å². The molecule has 0 saturated heterocycles. The summed E-state index contributed by atoms with van der Waals surface area (Å²) in [5, 5.41) is 12.1. The van der Waals surface area contributed by atoms with Crippen molar-refractivity contribution in [1.82, 2.24) is 4.57 Å². The van der Waals surface area contributed by atoms with E-state index in [2.05, 4.69) is 20.5 Å². The van der Waals surface area contributed by atoms with E-state index in [1.165, 1.54) is 4.88 Å². The van der Waals surface area contributed by atoms with E-state index in [0.717, 1.165) is 27.5 Å². The van der Waals surface area contributed by atoms with Crippen LogP contribution in [0.2, 0.25) is 0 Å². The molecule has 0 radical (unpaired) electrons. The summed E-state index contributed by atoms with van der Waals surface area (Å²) in [7, 11) is 0. The second kappa shape index (κ2) is 5.42. The van der Waals surface area contributed by atoms with Crippen molar-refractivity contribution in [2.75, 3.05) is 0 Å². The predicted octanol–water partition coefficient (Wildman–Crippen LogP) is 4.14. The molecule has 0 spiro atoms. The number of nitrogens with zero attached hydrogens (tertiary/aromatic N) is 1. The molecule has 0 atom stereocenters. The normalized spacial score (nSPS) is 11.1. The number of benzene rings is 1. The first kappa shape index (κ1) is 13.4. The Morgan fingerprint density at radius 3 is 2.80 bits per heavy atom. The van der Waals surface area contributed by atoms with Crippen LogP contribution >= 0.6 is 27.3 Å². The molecule has 0 amide bonds. The third-order valence-electron chi connectivity index (χ3n) is 3.22. The highest BCUT2D eigenvalue weighted by Crippen LogP contribution is 2.27. The Hall–Kier alpha value is -1.59. The number of aliphatic carboxylic acids is 1. The summed E-state index contributed by atoms with van der Waals surface area (Å²) in [6, 6.07) is 9.96. The van der Waals surface area contributed by atoms with Crippen molar-refractivity contribution in [3.8, 4) is 0 Å². The maximum Gasteiger partial charge on any atom is 0.307 e. The van der Waals surface area contributed by atoms with Crippen molar-refractivity contribution in [3.63, 3.8) is 0 Å². The molecule has 5 heteroatoms. The van der Waals surface area contributed by atoms with Crippen LogP contribution < -0.4 is 0 Å². The van der Waals surface area contributed by atoms with E-state index < -0.39 is 5.97 Å². The van der Waals surface area contributed by atoms with Gasteiger partial charge >= 0.3 is 5.97 Å². The molecule has 0 aliphatic heterocycles. The quantitative estimate of drug-likeness (QED) is 0.768. The fourth-order valence-corrected chi connectivity index (χ4v) is 3.83. The number of hydrogen-bond donors (Lipinski definition) is 1. The minimum atomic E-state index is -0.801. The average Bonchev–Trinajstić information content (AvgIpc) is 2.96. The summed E-state index contributed by atoms with van der Waals surface area (Å²) in [6.45, 7) is 0.748. The first-order valence-electron chi connectivity index (χ1n) is 6.15. The number of hydrogen-bond acceptors (Lipinski definition) is 2. The number of para-hydroxylation sites is 1. The van der Waals surface area contributed by atoms with Crippen molar-refractivity contribution in [3.05, 3.63) is 56.8 Å². The minimum absolute atomic E-state index is 0.0547. The summed E-state index contributed by atoms with van der Waals surface area (Å²) in [5.41, 5.74) is 1.94. The molecule has 3 rings (SSSR count).